The first-order chi connectivity index (χ1) is 8.27. The van der Waals surface area contributed by atoms with Crippen LogP contribution >= 0.6 is 0 Å². The van der Waals surface area contributed by atoms with Crippen molar-refractivity contribution in [3.63, 3.8) is 0 Å². The largest absolute Gasteiger partial charge is 0.394 e. The van der Waals surface area contributed by atoms with Crippen LogP contribution in [0, 0.1) is 0 Å². The number of aliphatic hydroxyl groups excluding tert-OH is 8. The molecule has 18 heavy (non-hydrogen) atoms. The average molecular weight is 270 g/mol. The van der Waals surface area contributed by atoms with Gasteiger partial charge in [-0.3, -0.25) is 4.79 Å². The molecule has 0 aromatic rings. The number of rotatable bonds is 8. The summed E-state index contributed by atoms with van der Waals surface area (Å²) in [4.78, 5) is 10.8. The molecule has 0 bridgehead atoms. The first-order valence-corrected chi connectivity index (χ1v) is 5.10. The maximum atomic E-state index is 10.8. The van der Waals surface area contributed by atoms with Gasteiger partial charge in [-0.1, -0.05) is 0 Å². The van der Waals surface area contributed by atoms with E-state index in [4.69, 9.17) is 20.4 Å². The molecule has 0 amide bonds. The molecule has 9 nitrogen and oxygen atoms in total. The molecule has 0 saturated carbocycles. The van der Waals surface area contributed by atoms with Gasteiger partial charge < -0.3 is 40.9 Å². The fraction of sp³-hybridized carbons (Fsp3) is 0.889. The molecule has 0 aliphatic carbocycles. The van der Waals surface area contributed by atoms with Gasteiger partial charge in [-0.2, -0.15) is 0 Å². The zero-order chi connectivity index (χ0) is 14.5. The van der Waals surface area contributed by atoms with Gasteiger partial charge in [-0.25, -0.2) is 0 Å². The molecule has 0 aliphatic heterocycles. The topological polar surface area (TPSA) is 179 Å². The molecule has 0 unspecified atom stereocenters. The Morgan fingerprint density at radius 1 is 0.778 bits per heavy atom. The van der Waals surface area contributed by atoms with Crippen molar-refractivity contribution >= 4 is 5.78 Å². The normalized spacial score (nSPS) is 21.8. The van der Waals surface area contributed by atoms with Crippen molar-refractivity contribution in [2.24, 2.45) is 0 Å². The fourth-order valence-electron chi connectivity index (χ4n) is 1.21. The highest BCUT2D eigenvalue weighted by molar-refractivity contribution is 5.84. The third-order valence-corrected chi connectivity index (χ3v) is 2.44. The third-order valence-electron chi connectivity index (χ3n) is 2.44. The molecule has 8 N–H and O–H groups in total. The zero-order valence-corrected chi connectivity index (χ0v) is 9.36. The Labute approximate surface area is 102 Å². The Hall–Kier alpha value is -0.650. The predicted molar refractivity (Wildman–Crippen MR) is 55.2 cm³/mol. The molecule has 0 heterocycles. The minimum absolute atomic E-state index is 0.904. The first kappa shape index (κ1) is 17.4. The van der Waals surface area contributed by atoms with Gasteiger partial charge in [0.25, 0.3) is 0 Å². The molecule has 0 spiro atoms. The minimum atomic E-state index is -2.17. The number of ketones is 1. The van der Waals surface area contributed by atoms with Crippen molar-refractivity contribution in [3.05, 3.63) is 0 Å². The number of aliphatic hydroxyl groups is 8. The lowest BCUT2D eigenvalue weighted by atomic mass is 9.95. The van der Waals surface area contributed by atoms with E-state index in [0.717, 1.165) is 0 Å². The van der Waals surface area contributed by atoms with E-state index in [9.17, 15) is 25.2 Å². The van der Waals surface area contributed by atoms with Crippen LogP contribution in [0.15, 0.2) is 0 Å². The zero-order valence-electron chi connectivity index (χ0n) is 9.36. The van der Waals surface area contributed by atoms with Crippen molar-refractivity contribution in [3.8, 4) is 0 Å². The quantitative estimate of drug-likeness (QED) is 0.214. The van der Waals surface area contributed by atoms with Crippen LogP contribution in [0.3, 0.4) is 0 Å². The van der Waals surface area contributed by atoms with Crippen LogP contribution in [0.1, 0.15) is 0 Å². The van der Waals surface area contributed by atoms with Crippen LogP contribution < -0.4 is 0 Å². The molecular weight excluding hydrogens is 252 g/mol. The molecule has 0 rings (SSSR count). The number of carbonyl (C=O) groups excluding carboxylic acids is 1. The summed E-state index contributed by atoms with van der Waals surface area (Å²) < 4.78 is 0. The minimum Gasteiger partial charge on any atom is -0.394 e. The second kappa shape index (κ2) is 7.71. The molecule has 0 aromatic heterocycles. The van der Waals surface area contributed by atoms with Gasteiger partial charge in [0.05, 0.1) is 6.61 Å². The van der Waals surface area contributed by atoms with Crippen LogP contribution in [-0.2, 0) is 4.79 Å². The van der Waals surface area contributed by atoms with E-state index in [1.54, 1.807) is 0 Å². The van der Waals surface area contributed by atoms with Crippen LogP contribution in [0.4, 0.5) is 0 Å². The van der Waals surface area contributed by atoms with Gasteiger partial charge in [0, 0.05) is 0 Å². The lowest BCUT2D eigenvalue weighted by Gasteiger charge is -2.29. The number of hydrogen-bond acceptors (Lipinski definition) is 9. The van der Waals surface area contributed by atoms with Gasteiger partial charge in [-0.15, -0.1) is 0 Å². The van der Waals surface area contributed by atoms with Crippen LogP contribution in [0.5, 0.6) is 0 Å². The summed E-state index contributed by atoms with van der Waals surface area (Å²) in [6.45, 7) is -1.98. The molecule has 0 aromatic carbocycles. The number of carbonyl (C=O) groups is 1. The summed E-state index contributed by atoms with van der Waals surface area (Å²) in [6, 6.07) is 0. The summed E-state index contributed by atoms with van der Waals surface area (Å²) >= 11 is 0. The summed E-state index contributed by atoms with van der Waals surface area (Å²) in [6.07, 6.45) is -12.4. The van der Waals surface area contributed by atoms with Crippen LogP contribution in [0.25, 0.3) is 0 Å². The lowest BCUT2D eigenvalue weighted by Crippen LogP contribution is -2.54. The van der Waals surface area contributed by atoms with E-state index < -0.39 is 55.6 Å². The highest BCUT2D eigenvalue weighted by Crippen LogP contribution is 2.11. The van der Waals surface area contributed by atoms with E-state index in [2.05, 4.69) is 0 Å². The van der Waals surface area contributed by atoms with Crippen molar-refractivity contribution in [2.75, 3.05) is 13.2 Å². The predicted octanol–water partition coefficient (Wildman–Crippen LogP) is -5.29. The third kappa shape index (κ3) is 4.23. The summed E-state index contributed by atoms with van der Waals surface area (Å²) in [5.41, 5.74) is 0. The summed E-state index contributed by atoms with van der Waals surface area (Å²) in [7, 11) is 0. The van der Waals surface area contributed by atoms with Gasteiger partial charge in [0.1, 0.15) is 43.2 Å². The van der Waals surface area contributed by atoms with E-state index >= 15 is 0 Å². The average Bonchev–Trinajstić information content (AvgIpc) is 2.40. The first-order valence-electron chi connectivity index (χ1n) is 5.10. The molecule has 0 radical (unpaired) electrons. The second-order valence-electron chi connectivity index (χ2n) is 3.78. The highest BCUT2D eigenvalue weighted by atomic mass is 16.4. The summed E-state index contributed by atoms with van der Waals surface area (Å²) in [5.74, 6) is -1.19. The Bertz CT molecular complexity index is 258. The Kier molecular flexibility index (Phi) is 7.43. The molecule has 0 aliphatic rings. The van der Waals surface area contributed by atoms with Crippen molar-refractivity contribution < 1.29 is 45.6 Å². The van der Waals surface area contributed by atoms with Crippen LogP contribution in [-0.4, -0.2) is 96.5 Å². The van der Waals surface area contributed by atoms with E-state index in [1.807, 2.05) is 0 Å². The molecule has 0 fully saturated rings. The SMILES string of the molecule is O=C(CO)[C@@H](O)[C@H](O)[C@H](O)[C@@H](O)[C@H](O)[C@H](O)CO. The highest BCUT2D eigenvalue weighted by Gasteiger charge is 2.38. The van der Waals surface area contributed by atoms with Gasteiger partial charge in [-0.05, 0) is 0 Å². The van der Waals surface area contributed by atoms with Crippen molar-refractivity contribution in [1.29, 1.82) is 0 Å². The molecule has 9 heteroatoms. The van der Waals surface area contributed by atoms with Crippen molar-refractivity contribution in [1.82, 2.24) is 0 Å². The Morgan fingerprint density at radius 2 is 1.22 bits per heavy atom. The van der Waals surface area contributed by atoms with Gasteiger partial charge in [0.15, 0.2) is 5.78 Å². The Morgan fingerprint density at radius 3 is 1.61 bits per heavy atom. The number of hydrogen-bond donors (Lipinski definition) is 8. The molecule has 0 saturated heterocycles. The lowest BCUT2D eigenvalue weighted by molar-refractivity contribution is -0.165. The number of Topliss-reactive ketones (excluding diaryl/α,β-unsaturated/α-hetero) is 1. The molecular formula is C9H18O9. The van der Waals surface area contributed by atoms with E-state index in [0.29, 0.717) is 0 Å². The molecule has 108 valence electrons. The molecule has 6 atom stereocenters. The van der Waals surface area contributed by atoms with Gasteiger partial charge in [0.2, 0.25) is 0 Å². The van der Waals surface area contributed by atoms with Gasteiger partial charge >= 0.3 is 0 Å². The smallest absolute Gasteiger partial charge is 0.189 e. The summed E-state index contributed by atoms with van der Waals surface area (Å²) in [5, 5.41) is 72.4. The van der Waals surface area contributed by atoms with E-state index in [1.165, 1.54) is 0 Å². The van der Waals surface area contributed by atoms with E-state index in [-0.39, 0.29) is 0 Å². The van der Waals surface area contributed by atoms with Crippen LogP contribution in [0.2, 0.25) is 0 Å². The Balaban J connectivity index is 4.62. The van der Waals surface area contributed by atoms with Crippen molar-refractivity contribution in [2.45, 2.75) is 36.6 Å². The fourth-order valence-corrected chi connectivity index (χ4v) is 1.21. The second-order valence-corrected chi connectivity index (χ2v) is 3.78. The maximum Gasteiger partial charge on any atom is 0.189 e. The maximum absolute atomic E-state index is 10.8. The standard InChI is InChI=1S/C9H18O9/c10-1-3(12)5(14)7(16)9(18)8(17)6(15)4(13)2-11/h3,5-12,14-18H,1-2H2/t3-,5-,6-,7+,8+,9-/m1/s1. The monoisotopic (exact) mass is 270 g/mol.